The van der Waals surface area contributed by atoms with Crippen LogP contribution in [0.15, 0.2) is 36.4 Å². The van der Waals surface area contributed by atoms with Crippen molar-refractivity contribution >= 4 is 16.8 Å². The van der Waals surface area contributed by atoms with Crippen molar-refractivity contribution < 1.29 is 4.79 Å². The molecular weight excluding hydrogens is 274 g/mol. The molecule has 114 valence electrons. The molecule has 1 amide bonds. The number of carbonyl (C=O) groups excluding carboxylic acids is 1. The molecule has 2 aromatic rings. The third-order valence-electron chi connectivity index (χ3n) is 4.97. The summed E-state index contributed by atoms with van der Waals surface area (Å²) in [5, 5.41) is 1.08. The Hall–Kier alpha value is -1.94. The van der Waals surface area contributed by atoms with Gasteiger partial charge in [0.15, 0.2) is 0 Å². The number of para-hydroxylation sites is 1. The fraction of sp³-hybridized carbons (Fsp3) is 0.444. The van der Waals surface area contributed by atoms with Crippen LogP contribution in [0.3, 0.4) is 0 Å². The van der Waals surface area contributed by atoms with Crippen LogP contribution in [0.5, 0.6) is 0 Å². The first-order valence-electron chi connectivity index (χ1n) is 8.06. The van der Waals surface area contributed by atoms with Crippen molar-refractivity contribution in [3.63, 3.8) is 0 Å². The molecule has 0 aliphatic carbocycles. The molecule has 22 heavy (non-hydrogen) atoms. The van der Waals surface area contributed by atoms with Crippen molar-refractivity contribution in [2.75, 3.05) is 26.7 Å². The number of likely N-dealkylation sites (N-methyl/N-ethyl adjacent to an activating group) is 1. The van der Waals surface area contributed by atoms with Gasteiger partial charge in [-0.3, -0.25) is 4.79 Å². The first-order valence-corrected chi connectivity index (χ1v) is 8.06. The molecule has 3 aliphatic rings. The lowest BCUT2D eigenvalue weighted by Crippen LogP contribution is -2.47. The summed E-state index contributed by atoms with van der Waals surface area (Å²) < 4.78 is 0. The lowest BCUT2D eigenvalue weighted by atomic mass is 9.94. The Balaban J connectivity index is 1.65. The van der Waals surface area contributed by atoms with Gasteiger partial charge in [-0.15, -0.1) is 0 Å². The molecule has 4 nitrogen and oxygen atoms in total. The lowest BCUT2D eigenvalue weighted by Gasteiger charge is -2.36. The molecule has 3 saturated heterocycles. The second-order valence-corrected chi connectivity index (χ2v) is 6.67. The van der Waals surface area contributed by atoms with Crippen LogP contribution in [0.1, 0.15) is 23.3 Å². The number of nitrogens with zero attached hydrogens (tertiary/aromatic N) is 3. The summed E-state index contributed by atoms with van der Waals surface area (Å²) in [6.45, 7) is 2.96. The van der Waals surface area contributed by atoms with E-state index in [0.717, 1.165) is 37.0 Å². The van der Waals surface area contributed by atoms with E-state index in [1.165, 1.54) is 6.42 Å². The zero-order valence-corrected chi connectivity index (χ0v) is 12.9. The molecule has 3 fully saturated rings. The number of aromatic nitrogens is 1. The number of amides is 1. The van der Waals surface area contributed by atoms with E-state index in [2.05, 4.69) is 21.8 Å². The van der Waals surface area contributed by atoms with Crippen molar-refractivity contribution in [2.45, 2.75) is 18.9 Å². The molecule has 0 unspecified atom stereocenters. The lowest BCUT2D eigenvalue weighted by molar-refractivity contribution is 0.0581. The van der Waals surface area contributed by atoms with Gasteiger partial charge in [-0.25, -0.2) is 4.98 Å². The normalized spacial score (nSPS) is 25.4. The van der Waals surface area contributed by atoms with Gasteiger partial charge < -0.3 is 9.80 Å². The van der Waals surface area contributed by atoms with Crippen molar-refractivity contribution in [3.8, 4) is 0 Å². The maximum absolute atomic E-state index is 12.9. The van der Waals surface area contributed by atoms with Gasteiger partial charge in [0.2, 0.25) is 0 Å². The van der Waals surface area contributed by atoms with Crippen LogP contribution in [0.4, 0.5) is 0 Å². The van der Waals surface area contributed by atoms with Crippen molar-refractivity contribution in [1.82, 2.24) is 14.8 Å². The van der Waals surface area contributed by atoms with Gasteiger partial charge >= 0.3 is 0 Å². The molecule has 4 heteroatoms. The van der Waals surface area contributed by atoms with E-state index < -0.39 is 0 Å². The van der Waals surface area contributed by atoms with Gasteiger partial charge in [-0.05, 0) is 37.9 Å². The molecule has 1 aromatic carbocycles. The molecule has 0 saturated carbocycles. The summed E-state index contributed by atoms with van der Waals surface area (Å²) >= 11 is 0. The van der Waals surface area contributed by atoms with E-state index >= 15 is 0 Å². The fourth-order valence-corrected chi connectivity index (χ4v) is 3.90. The second kappa shape index (κ2) is 5.36. The van der Waals surface area contributed by atoms with Crippen LogP contribution in [-0.2, 0) is 0 Å². The predicted octanol–water partition coefficient (Wildman–Crippen LogP) is 2.40. The van der Waals surface area contributed by atoms with Crippen LogP contribution in [-0.4, -0.2) is 53.4 Å². The molecule has 0 spiro atoms. The van der Waals surface area contributed by atoms with Crippen LogP contribution in [0, 0.1) is 5.92 Å². The highest BCUT2D eigenvalue weighted by molar-refractivity contribution is 5.95. The number of piperidine rings is 1. The molecule has 2 bridgehead atoms. The Morgan fingerprint density at radius 2 is 1.95 bits per heavy atom. The minimum absolute atomic E-state index is 0.0933. The van der Waals surface area contributed by atoms with Crippen molar-refractivity contribution in [2.24, 2.45) is 5.92 Å². The average Bonchev–Trinajstić information content (AvgIpc) is 2.82. The SMILES string of the molecule is CN1C[C@@H]2CC[C@H](C1)N(C(=O)c1ccc3ccccc3n1)C2. The number of fused-ring (bicyclic) bond motifs is 5. The minimum Gasteiger partial charge on any atom is -0.333 e. The summed E-state index contributed by atoms with van der Waals surface area (Å²) in [6, 6.07) is 12.2. The number of rotatable bonds is 1. The molecule has 4 heterocycles. The summed E-state index contributed by atoms with van der Waals surface area (Å²) in [5.41, 5.74) is 1.47. The number of benzene rings is 1. The summed E-state index contributed by atoms with van der Waals surface area (Å²) in [5.74, 6) is 0.698. The standard InChI is InChI=1S/C18H21N3O/c1-20-10-13-6-8-15(12-20)21(11-13)18(22)17-9-7-14-4-2-3-5-16(14)19-17/h2-5,7,9,13,15H,6,8,10-12H2,1H3/t13-,15+/m0/s1. The molecule has 2 atom stereocenters. The Bertz CT molecular complexity index is 714. The summed E-state index contributed by atoms with van der Waals surface area (Å²) in [6.07, 6.45) is 2.36. The zero-order chi connectivity index (χ0) is 15.1. The molecule has 0 N–H and O–H groups in total. The molecular formula is C18H21N3O. The Morgan fingerprint density at radius 1 is 1.09 bits per heavy atom. The van der Waals surface area contributed by atoms with E-state index in [1.807, 2.05) is 36.4 Å². The number of hydrogen-bond donors (Lipinski definition) is 0. The van der Waals surface area contributed by atoms with E-state index in [0.29, 0.717) is 17.7 Å². The number of hydrogen-bond acceptors (Lipinski definition) is 3. The molecule has 0 radical (unpaired) electrons. The predicted molar refractivity (Wildman–Crippen MR) is 86.8 cm³/mol. The largest absolute Gasteiger partial charge is 0.333 e. The minimum atomic E-state index is 0.0933. The average molecular weight is 295 g/mol. The smallest absolute Gasteiger partial charge is 0.272 e. The van der Waals surface area contributed by atoms with Crippen LogP contribution in [0.2, 0.25) is 0 Å². The first kappa shape index (κ1) is 13.7. The fourth-order valence-electron chi connectivity index (χ4n) is 3.90. The van der Waals surface area contributed by atoms with E-state index in [1.54, 1.807) is 0 Å². The van der Waals surface area contributed by atoms with E-state index in [-0.39, 0.29) is 5.91 Å². The van der Waals surface area contributed by atoms with Gasteiger partial charge in [-0.1, -0.05) is 24.3 Å². The van der Waals surface area contributed by atoms with Gasteiger partial charge in [0.1, 0.15) is 5.69 Å². The Morgan fingerprint density at radius 3 is 2.86 bits per heavy atom. The zero-order valence-electron chi connectivity index (χ0n) is 12.9. The highest BCUT2D eigenvalue weighted by Gasteiger charge is 2.36. The monoisotopic (exact) mass is 295 g/mol. The summed E-state index contributed by atoms with van der Waals surface area (Å²) in [7, 11) is 2.16. The van der Waals surface area contributed by atoms with Gasteiger partial charge in [0.05, 0.1) is 5.52 Å². The van der Waals surface area contributed by atoms with Gasteiger partial charge in [-0.2, -0.15) is 0 Å². The van der Waals surface area contributed by atoms with E-state index in [4.69, 9.17) is 0 Å². The number of pyridine rings is 1. The third-order valence-corrected chi connectivity index (χ3v) is 4.97. The van der Waals surface area contributed by atoms with Crippen molar-refractivity contribution in [3.05, 3.63) is 42.1 Å². The van der Waals surface area contributed by atoms with Crippen molar-refractivity contribution in [1.29, 1.82) is 0 Å². The van der Waals surface area contributed by atoms with Crippen LogP contribution >= 0.6 is 0 Å². The van der Waals surface area contributed by atoms with Gasteiger partial charge in [0, 0.05) is 31.1 Å². The highest BCUT2D eigenvalue weighted by atomic mass is 16.2. The molecule has 1 aromatic heterocycles. The highest BCUT2D eigenvalue weighted by Crippen LogP contribution is 2.28. The second-order valence-electron chi connectivity index (χ2n) is 6.67. The quantitative estimate of drug-likeness (QED) is 0.810. The Kier molecular flexibility index (Phi) is 3.34. The van der Waals surface area contributed by atoms with E-state index in [9.17, 15) is 4.79 Å². The number of carbonyl (C=O) groups is 1. The Labute approximate surface area is 130 Å². The topological polar surface area (TPSA) is 36.4 Å². The van der Waals surface area contributed by atoms with Crippen LogP contribution in [0.25, 0.3) is 10.9 Å². The third kappa shape index (κ3) is 2.37. The summed E-state index contributed by atoms with van der Waals surface area (Å²) in [4.78, 5) is 21.9. The molecule has 3 aliphatic heterocycles. The first-order chi connectivity index (χ1) is 10.7. The van der Waals surface area contributed by atoms with Gasteiger partial charge in [0.25, 0.3) is 5.91 Å². The maximum atomic E-state index is 12.9. The molecule has 5 rings (SSSR count). The maximum Gasteiger partial charge on any atom is 0.272 e. The van der Waals surface area contributed by atoms with Crippen LogP contribution < -0.4 is 0 Å².